The Morgan fingerprint density at radius 2 is 2.05 bits per heavy atom. The van der Waals surface area contributed by atoms with Crippen LogP contribution in [-0.2, 0) is 0 Å². The van der Waals surface area contributed by atoms with Crippen molar-refractivity contribution in [1.82, 2.24) is 20.2 Å². The minimum absolute atomic E-state index is 0.229. The lowest BCUT2D eigenvalue weighted by molar-refractivity contribution is 1.04. The summed E-state index contributed by atoms with van der Waals surface area (Å²) in [5.74, 6) is 0.766. The van der Waals surface area contributed by atoms with E-state index in [1.165, 1.54) is 6.20 Å². The summed E-state index contributed by atoms with van der Waals surface area (Å²) >= 11 is 0. The first kappa shape index (κ1) is 12.0. The number of hydrogen-bond donors (Lipinski definition) is 2. The summed E-state index contributed by atoms with van der Waals surface area (Å²) in [5.41, 5.74) is 9.12. The van der Waals surface area contributed by atoms with Gasteiger partial charge < -0.3 is 5.73 Å². The fourth-order valence-electron chi connectivity index (χ4n) is 1.71. The van der Waals surface area contributed by atoms with E-state index in [2.05, 4.69) is 30.7 Å². The molecule has 0 bridgehead atoms. The number of fused-ring (bicyclic) bond motifs is 1. The zero-order valence-electron chi connectivity index (χ0n) is 10.4. The summed E-state index contributed by atoms with van der Waals surface area (Å²) in [5, 5.41) is 13.9. The molecule has 0 spiro atoms. The predicted molar refractivity (Wildman–Crippen MR) is 75.9 cm³/mol. The van der Waals surface area contributed by atoms with E-state index in [4.69, 9.17) is 5.73 Å². The molecule has 0 aliphatic heterocycles. The number of aromatic nitrogens is 4. The van der Waals surface area contributed by atoms with Crippen molar-refractivity contribution in [3.05, 3.63) is 54.7 Å². The first-order valence-corrected chi connectivity index (χ1v) is 5.90. The Kier molecular flexibility index (Phi) is 3.15. The van der Waals surface area contributed by atoms with Crippen molar-refractivity contribution in [2.45, 2.75) is 0 Å². The zero-order chi connectivity index (χ0) is 13.8. The quantitative estimate of drug-likeness (QED) is 0.418. The third-order valence-corrected chi connectivity index (χ3v) is 2.68. The smallest absolute Gasteiger partial charge is 0.176 e. The van der Waals surface area contributed by atoms with Gasteiger partial charge in [-0.05, 0) is 0 Å². The van der Waals surface area contributed by atoms with Crippen molar-refractivity contribution in [2.75, 3.05) is 5.43 Å². The second-order valence-corrected chi connectivity index (χ2v) is 3.98. The third kappa shape index (κ3) is 2.37. The zero-order valence-corrected chi connectivity index (χ0v) is 10.4. The van der Waals surface area contributed by atoms with E-state index in [9.17, 15) is 0 Å². The van der Waals surface area contributed by atoms with Gasteiger partial charge in [-0.2, -0.15) is 10.2 Å². The van der Waals surface area contributed by atoms with Crippen LogP contribution in [0.3, 0.4) is 0 Å². The van der Waals surface area contributed by atoms with Crippen LogP contribution in [0.25, 0.3) is 10.8 Å². The molecule has 20 heavy (non-hydrogen) atoms. The number of amidine groups is 1. The summed E-state index contributed by atoms with van der Waals surface area (Å²) in [6.45, 7) is 0. The molecule has 98 valence electrons. The normalized spacial score (nSPS) is 11.5. The number of benzene rings is 1. The molecule has 3 rings (SSSR count). The first-order chi connectivity index (χ1) is 9.84. The molecule has 2 aromatic heterocycles. The van der Waals surface area contributed by atoms with Crippen molar-refractivity contribution in [1.29, 1.82) is 0 Å². The molecule has 2 heterocycles. The topological polar surface area (TPSA) is 102 Å². The number of nitrogens with two attached hydrogens (primary N) is 1. The number of hydrazone groups is 1. The molecule has 3 aromatic rings. The van der Waals surface area contributed by atoms with E-state index in [0.29, 0.717) is 11.5 Å². The monoisotopic (exact) mass is 265 g/mol. The average Bonchev–Trinajstić information content (AvgIpc) is 2.53. The fraction of sp³-hybridized carbons (Fsp3) is 0. The van der Waals surface area contributed by atoms with Gasteiger partial charge in [0.05, 0.1) is 12.4 Å². The van der Waals surface area contributed by atoms with Crippen molar-refractivity contribution >= 4 is 22.4 Å². The summed E-state index contributed by atoms with van der Waals surface area (Å²) in [4.78, 5) is 7.99. The summed E-state index contributed by atoms with van der Waals surface area (Å²) in [6, 6.07) is 7.74. The SMILES string of the molecule is N/C(=N\Nc1nncc2ccccc12)c1cnccn1. The van der Waals surface area contributed by atoms with Crippen LogP contribution in [-0.4, -0.2) is 26.0 Å². The van der Waals surface area contributed by atoms with E-state index in [1.807, 2.05) is 24.3 Å². The highest BCUT2D eigenvalue weighted by Gasteiger charge is 2.03. The maximum absolute atomic E-state index is 5.82. The molecule has 7 heteroatoms. The van der Waals surface area contributed by atoms with Crippen LogP contribution < -0.4 is 11.2 Å². The number of anilines is 1. The molecule has 0 fully saturated rings. The van der Waals surface area contributed by atoms with Crippen LogP contribution >= 0.6 is 0 Å². The molecule has 0 saturated carbocycles. The van der Waals surface area contributed by atoms with Gasteiger partial charge in [-0.15, -0.1) is 5.10 Å². The maximum atomic E-state index is 5.82. The Morgan fingerprint density at radius 1 is 1.15 bits per heavy atom. The van der Waals surface area contributed by atoms with Crippen LogP contribution in [0.1, 0.15) is 5.69 Å². The minimum atomic E-state index is 0.229. The number of hydrogen-bond acceptors (Lipinski definition) is 6. The van der Waals surface area contributed by atoms with E-state index in [1.54, 1.807) is 18.6 Å². The highest BCUT2D eigenvalue weighted by Crippen LogP contribution is 2.18. The van der Waals surface area contributed by atoms with E-state index in [-0.39, 0.29) is 5.84 Å². The summed E-state index contributed by atoms with van der Waals surface area (Å²) < 4.78 is 0. The van der Waals surface area contributed by atoms with Gasteiger partial charge in [0, 0.05) is 23.2 Å². The molecule has 0 saturated heterocycles. The summed E-state index contributed by atoms with van der Waals surface area (Å²) in [6.07, 6.45) is 6.35. The average molecular weight is 265 g/mol. The molecule has 0 radical (unpaired) electrons. The van der Waals surface area contributed by atoms with Gasteiger partial charge in [-0.25, -0.2) is 4.98 Å². The van der Waals surface area contributed by atoms with Crippen molar-refractivity contribution in [2.24, 2.45) is 10.8 Å². The van der Waals surface area contributed by atoms with E-state index < -0.39 is 0 Å². The van der Waals surface area contributed by atoms with Crippen LogP contribution in [0.5, 0.6) is 0 Å². The number of nitrogens with zero attached hydrogens (tertiary/aromatic N) is 5. The van der Waals surface area contributed by atoms with Gasteiger partial charge in [0.1, 0.15) is 5.69 Å². The van der Waals surface area contributed by atoms with Crippen LogP contribution in [0.15, 0.2) is 54.2 Å². The second-order valence-electron chi connectivity index (χ2n) is 3.98. The van der Waals surface area contributed by atoms with Crippen LogP contribution in [0.4, 0.5) is 5.82 Å². The fourth-order valence-corrected chi connectivity index (χ4v) is 1.71. The van der Waals surface area contributed by atoms with Gasteiger partial charge in [0.2, 0.25) is 0 Å². The van der Waals surface area contributed by atoms with Crippen molar-refractivity contribution in [3.63, 3.8) is 0 Å². The Balaban J connectivity index is 1.91. The van der Waals surface area contributed by atoms with Gasteiger partial charge in [0.15, 0.2) is 11.7 Å². The lowest BCUT2D eigenvalue weighted by Crippen LogP contribution is -2.17. The van der Waals surface area contributed by atoms with Gasteiger partial charge >= 0.3 is 0 Å². The van der Waals surface area contributed by atoms with Crippen molar-refractivity contribution < 1.29 is 0 Å². The highest BCUT2D eigenvalue weighted by atomic mass is 15.4. The first-order valence-electron chi connectivity index (χ1n) is 5.90. The molecular formula is C13H11N7. The lowest BCUT2D eigenvalue weighted by Gasteiger charge is -2.04. The van der Waals surface area contributed by atoms with Crippen LogP contribution in [0.2, 0.25) is 0 Å². The van der Waals surface area contributed by atoms with Crippen LogP contribution in [0, 0.1) is 0 Å². The molecule has 7 nitrogen and oxygen atoms in total. The molecule has 0 amide bonds. The van der Waals surface area contributed by atoms with E-state index in [0.717, 1.165) is 10.8 Å². The molecule has 0 unspecified atom stereocenters. The van der Waals surface area contributed by atoms with Gasteiger partial charge in [-0.3, -0.25) is 10.4 Å². The minimum Gasteiger partial charge on any atom is -0.380 e. The standard InChI is InChI=1S/C13H11N7/c14-12(11-8-15-5-6-16-11)18-20-13-10-4-2-1-3-9(10)7-17-19-13/h1-8H,(H2,14,18)(H,19,20). The maximum Gasteiger partial charge on any atom is 0.176 e. The Hall–Kier alpha value is -3.09. The summed E-state index contributed by atoms with van der Waals surface area (Å²) in [7, 11) is 0. The Morgan fingerprint density at radius 3 is 2.90 bits per heavy atom. The Labute approximate surface area is 114 Å². The number of rotatable bonds is 3. The lowest BCUT2D eigenvalue weighted by atomic mass is 10.2. The largest absolute Gasteiger partial charge is 0.380 e. The molecule has 1 aromatic carbocycles. The molecule has 0 aliphatic carbocycles. The highest BCUT2D eigenvalue weighted by molar-refractivity contribution is 5.96. The second kappa shape index (κ2) is 5.27. The predicted octanol–water partition coefficient (Wildman–Crippen LogP) is 1.15. The van der Waals surface area contributed by atoms with Gasteiger partial charge in [0.25, 0.3) is 0 Å². The Bertz CT molecular complexity index is 750. The molecule has 0 atom stereocenters. The molecular weight excluding hydrogens is 254 g/mol. The van der Waals surface area contributed by atoms with E-state index >= 15 is 0 Å². The van der Waals surface area contributed by atoms with Crippen molar-refractivity contribution in [3.8, 4) is 0 Å². The number of nitrogens with one attached hydrogen (secondary N) is 1. The third-order valence-electron chi connectivity index (χ3n) is 2.68. The molecule has 3 N–H and O–H groups in total. The molecule has 0 aliphatic rings. The van der Waals surface area contributed by atoms with Gasteiger partial charge in [-0.1, -0.05) is 24.3 Å².